The van der Waals surface area contributed by atoms with Gasteiger partial charge >= 0.3 is 0 Å². The zero-order valence-electron chi connectivity index (χ0n) is 48.0. The fourth-order valence-corrected chi connectivity index (χ4v) is 15.3. The van der Waals surface area contributed by atoms with Crippen molar-refractivity contribution in [2.45, 2.75) is 103 Å². The largest absolute Gasteiger partial charge is 0.310 e. The van der Waals surface area contributed by atoms with Gasteiger partial charge in [0.2, 0.25) is 0 Å². The van der Waals surface area contributed by atoms with Crippen LogP contribution in [0.3, 0.4) is 0 Å². The predicted molar refractivity (Wildman–Crippen MR) is 342 cm³/mol. The van der Waals surface area contributed by atoms with Gasteiger partial charge in [-0.05, 0) is 189 Å². The number of benzene rings is 9. The Morgan fingerprint density at radius 3 is 1.26 bits per heavy atom. The molecule has 0 saturated carbocycles. The molecule has 0 amide bonds. The lowest BCUT2D eigenvalue weighted by Crippen LogP contribution is -2.38. The first kappa shape index (κ1) is 49.4. The number of allylic oxidation sites excluding steroid dienone is 8. The first-order valence-electron chi connectivity index (χ1n) is 29.4. The van der Waals surface area contributed by atoms with Crippen molar-refractivity contribution in [3.05, 3.63) is 280 Å². The molecule has 3 heteroatoms. The van der Waals surface area contributed by atoms with E-state index in [1.54, 1.807) is 11.1 Å². The van der Waals surface area contributed by atoms with Gasteiger partial charge in [-0.2, -0.15) is 0 Å². The second-order valence-corrected chi connectivity index (χ2v) is 25.6. The van der Waals surface area contributed by atoms with E-state index in [1.807, 2.05) is 0 Å². The maximum absolute atomic E-state index is 2.61. The summed E-state index contributed by atoms with van der Waals surface area (Å²) in [5, 5.41) is 0. The molecule has 81 heavy (non-hydrogen) atoms. The minimum absolute atomic E-state index is 0.0736. The zero-order valence-corrected chi connectivity index (χ0v) is 48.0. The molecule has 0 unspecified atom stereocenters. The molecule has 396 valence electrons. The Bertz CT molecular complexity index is 4230. The third-order valence-corrected chi connectivity index (χ3v) is 19.6. The van der Waals surface area contributed by atoms with Crippen LogP contribution in [0.4, 0.5) is 51.2 Å². The lowest BCUT2D eigenvalue weighted by atomic mass is 9.66. The standard InChI is InChI=1S/C78H69N3/c1-75(2)64-33-17-15-31-60(64)62-40-37-56(45-67(62)75)79(54-29-21-27-52(43-54)50-23-11-9-12-24-50)58-39-42-73-69(47-58)78(7,8)71-49-59(48-70-74(71)81(73)72-36-20-19-35-66(72)77(70,5)6)80(55-30-22-28-53(44-55)51-25-13-10-14-26-51)57-38-41-63-61-32-16-18-34-65(61)76(3,4)68(63)46-57/h9-16,19-32,35-49H,17-18,33-34H2,1-8H3. The maximum atomic E-state index is 2.61. The molecule has 3 nitrogen and oxygen atoms in total. The Kier molecular flexibility index (Phi) is 10.9. The highest BCUT2D eigenvalue weighted by atomic mass is 15.2. The molecule has 9 aromatic rings. The highest BCUT2D eigenvalue weighted by molar-refractivity contribution is 5.98. The number of hydrogen-bond donors (Lipinski definition) is 0. The number of para-hydroxylation sites is 1. The first-order valence-corrected chi connectivity index (χ1v) is 29.4. The van der Waals surface area contributed by atoms with E-state index in [4.69, 9.17) is 0 Å². The van der Waals surface area contributed by atoms with Crippen LogP contribution in [-0.2, 0) is 21.7 Å². The lowest BCUT2D eigenvalue weighted by Gasteiger charge is -2.50. The fraction of sp³-hybridized carbons (Fsp3) is 0.205. The molecule has 0 N–H and O–H groups in total. The Morgan fingerprint density at radius 2 is 0.728 bits per heavy atom. The van der Waals surface area contributed by atoms with Crippen molar-refractivity contribution >= 4 is 62.3 Å². The Hall–Kier alpha value is -8.66. The number of anilines is 9. The van der Waals surface area contributed by atoms with Crippen LogP contribution >= 0.6 is 0 Å². The molecular formula is C78H69N3. The quantitative estimate of drug-likeness (QED) is 0.150. The number of fused-ring (bicyclic) bond motifs is 8. The van der Waals surface area contributed by atoms with Crippen LogP contribution in [0.5, 0.6) is 0 Å². The van der Waals surface area contributed by atoms with E-state index in [1.165, 1.54) is 101 Å². The van der Waals surface area contributed by atoms with Crippen LogP contribution in [0.2, 0.25) is 0 Å². The SMILES string of the molecule is CC1(C)C2=C(C=CCC2)c2ccc(N(c3cccc(-c4ccccc4)c3)c3ccc4c(c3)C(C)(C)c3cc(N(c5cccc(-c6ccccc6)c5)c5ccc6c(c5)C(C)(C)C5=C6C=CCC5)cc5c3N4c3ccccc3C5(C)C)cc21. The highest BCUT2D eigenvalue weighted by Crippen LogP contribution is 2.63. The van der Waals surface area contributed by atoms with E-state index in [9.17, 15) is 0 Å². The van der Waals surface area contributed by atoms with Crippen molar-refractivity contribution in [3.8, 4) is 22.3 Å². The summed E-state index contributed by atoms with van der Waals surface area (Å²) in [6, 6.07) is 76.2. The van der Waals surface area contributed by atoms with Crippen molar-refractivity contribution in [1.82, 2.24) is 0 Å². The van der Waals surface area contributed by atoms with Gasteiger partial charge in [0.25, 0.3) is 0 Å². The van der Waals surface area contributed by atoms with Gasteiger partial charge in [-0.1, -0.05) is 206 Å². The summed E-state index contributed by atoms with van der Waals surface area (Å²) < 4.78 is 0. The molecule has 4 aliphatic carbocycles. The Balaban J connectivity index is 0.946. The predicted octanol–water partition coefficient (Wildman–Crippen LogP) is 21.5. The number of rotatable bonds is 8. The van der Waals surface area contributed by atoms with Crippen LogP contribution in [0.25, 0.3) is 33.4 Å². The topological polar surface area (TPSA) is 9.72 Å². The summed E-state index contributed by atoms with van der Waals surface area (Å²) in [6.45, 7) is 19.6. The smallest absolute Gasteiger partial charge is 0.0545 e. The van der Waals surface area contributed by atoms with Gasteiger partial charge < -0.3 is 14.7 Å². The van der Waals surface area contributed by atoms with Crippen LogP contribution in [0.15, 0.2) is 236 Å². The van der Waals surface area contributed by atoms with E-state index in [-0.39, 0.29) is 16.2 Å². The molecule has 9 aromatic carbocycles. The zero-order chi connectivity index (χ0) is 55.2. The van der Waals surface area contributed by atoms with Crippen molar-refractivity contribution < 1.29 is 0 Å². The minimum Gasteiger partial charge on any atom is -0.310 e. The molecule has 0 radical (unpaired) electrons. The average molecular weight is 1050 g/mol. The van der Waals surface area contributed by atoms with E-state index in [0.717, 1.165) is 54.1 Å². The van der Waals surface area contributed by atoms with Crippen molar-refractivity contribution in [2.75, 3.05) is 14.7 Å². The molecule has 2 aliphatic heterocycles. The van der Waals surface area contributed by atoms with Crippen molar-refractivity contribution in [2.24, 2.45) is 0 Å². The molecule has 0 aromatic heterocycles. The summed E-state index contributed by atoms with van der Waals surface area (Å²) in [5.41, 5.74) is 31.3. The van der Waals surface area contributed by atoms with E-state index in [2.05, 4.69) is 295 Å². The molecule has 0 bridgehead atoms. The van der Waals surface area contributed by atoms with Crippen LogP contribution in [0, 0.1) is 0 Å². The fourth-order valence-electron chi connectivity index (χ4n) is 15.3. The van der Waals surface area contributed by atoms with Gasteiger partial charge in [0.1, 0.15) is 0 Å². The van der Waals surface area contributed by atoms with Gasteiger partial charge in [0, 0.05) is 55.8 Å². The van der Waals surface area contributed by atoms with E-state index >= 15 is 0 Å². The van der Waals surface area contributed by atoms with Gasteiger partial charge in [-0.3, -0.25) is 0 Å². The van der Waals surface area contributed by atoms with Gasteiger partial charge in [0.05, 0.1) is 17.1 Å². The summed E-state index contributed by atoms with van der Waals surface area (Å²) in [4.78, 5) is 7.70. The normalized spacial score (nSPS) is 17.6. The van der Waals surface area contributed by atoms with Gasteiger partial charge in [0.15, 0.2) is 0 Å². The van der Waals surface area contributed by atoms with Crippen molar-refractivity contribution in [1.29, 1.82) is 0 Å². The molecule has 0 spiro atoms. The maximum Gasteiger partial charge on any atom is 0.0545 e. The van der Waals surface area contributed by atoms with Gasteiger partial charge in [-0.15, -0.1) is 0 Å². The summed E-state index contributed by atoms with van der Waals surface area (Å²) in [5.74, 6) is 0. The van der Waals surface area contributed by atoms with Crippen LogP contribution in [-0.4, -0.2) is 0 Å². The van der Waals surface area contributed by atoms with Crippen LogP contribution < -0.4 is 14.7 Å². The Morgan fingerprint density at radius 1 is 0.321 bits per heavy atom. The summed E-state index contributed by atoms with van der Waals surface area (Å²) >= 11 is 0. The van der Waals surface area contributed by atoms with Gasteiger partial charge in [-0.25, -0.2) is 0 Å². The van der Waals surface area contributed by atoms with Crippen molar-refractivity contribution in [3.63, 3.8) is 0 Å². The highest BCUT2D eigenvalue weighted by Gasteiger charge is 2.47. The third-order valence-electron chi connectivity index (χ3n) is 19.6. The molecular weight excluding hydrogens is 979 g/mol. The second-order valence-electron chi connectivity index (χ2n) is 25.6. The molecule has 2 heterocycles. The monoisotopic (exact) mass is 1050 g/mol. The van der Waals surface area contributed by atoms with E-state index < -0.39 is 5.41 Å². The number of hydrogen-bond acceptors (Lipinski definition) is 3. The molecule has 0 fully saturated rings. The summed E-state index contributed by atoms with van der Waals surface area (Å²) in [7, 11) is 0. The summed E-state index contributed by atoms with van der Waals surface area (Å²) in [6.07, 6.45) is 13.9. The Labute approximate surface area is 479 Å². The third kappa shape index (κ3) is 7.40. The lowest BCUT2D eigenvalue weighted by molar-refractivity contribution is 0.597. The number of nitrogens with zero attached hydrogens (tertiary/aromatic N) is 3. The second kappa shape index (κ2) is 17.9. The molecule has 0 atom stereocenters. The van der Waals surface area contributed by atoms with E-state index in [0.29, 0.717) is 0 Å². The molecule has 6 aliphatic rings. The molecule has 0 saturated heterocycles. The van der Waals surface area contributed by atoms with Crippen LogP contribution in [0.1, 0.15) is 126 Å². The minimum atomic E-state index is -0.441. The molecule has 15 rings (SSSR count). The first-order chi connectivity index (χ1) is 39.2. The average Bonchev–Trinajstić information content (AvgIpc) is 3.95.